The van der Waals surface area contributed by atoms with Crippen molar-refractivity contribution in [1.29, 1.82) is 0 Å². The van der Waals surface area contributed by atoms with Gasteiger partial charge in [0.25, 0.3) is 0 Å². The minimum atomic E-state index is -0.213. The molecule has 1 aromatic heterocycles. The van der Waals surface area contributed by atoms with Gasteiger partial charge in [-0.1, -0.05) is 6.07 Å². The van der Waals surface area contributed by atoms with Gasteiger partial charge in [0.15, 0.2) is 0 Å². The number of rotatable bonds is 5. The van der Waals surface area contributed by atoms with E-state index in [0.717, 1.165) is 27.1 Å². The Morgan fingerprint density at radius 1 is 1.32 bits per heavy atom. The molecule has 5 heteroatoms. The van der Waals surface area contributed by atoms with E-state index >= 15 is 0 Å². The molecule has 2 nitrogen and oxygen atoms in total. The number of aromatic nitrogens is 1. The molecule has 19 heavy (non-hydrogen) atoms. The third-order valence-corrected chi connectivity index (χ3v) is 4.14. The maximum Gasteiger partial charge on any atom is 0.124 e. The quantitative estimate of drug-likeness (QED) is 0.844. The normalized spacial score (nSPS) is 12.4. The van der Waals surface area contributed by atoms with E-state index in [-0.39, 0.29) is 11.9 Å². The van der Waals surface area contributed by atoms with Gasteiger partial charge in [-0.3, -0.25) is 4.98 Å². The van der Waals surface area contributed by atoms with Crippen LogP contribution in [-0.2, 0) is 6.42 Å². The molecule has 0 saturated carbocycles. The van der Waals surface area contributed by atoms with E-state index in [4.69, 9.17) is 5.73 Å². The summed E-state index contributed by atoms with van der Waals surface area (Å²) in [6.07, 6.45) is 4.32. The van der Waals surface area contributed by atoms with E-state index < -0.39 is 0 Å². The number of hydrogen-bond acceptors (Lipinski definition) is 3. The van der Waals surface area contributed by atoms with E-state index in [2.05, 4.69) is 20.9 Å². The summed E-state index contributed by atoms with van der Waals surface area (Å²) in [6.45, 7) is 0. The van der Waals surface area contributed by atoms with Gasteiger partial charge in [0, 0.05) is 33.6 Å². The van der Waals surface area contributed by atoms with Crippen molar-refractivity contribution in [3.05, 3.63) is 58.6 Å². The summed E-state index contributed by atoms with van der Waals surface area (Å²) in [6, 6.07) is 8.60. The maximum absolute atomic E-state index is 13.0. The first kappa shape index (κ1) is 14.5. The van der Waals surface area contributed by atoms with Crippen LogP contribution in [0.3, 0.4) is 0 Å². The van der Waals surface area contributed by atoms with E-state index in [9.17, 15) is 4.39 Å². The van der Waals surface area contributed by atoms with Crippen molar-refractivity contribution in [2.24, 2.45) is 5.73 Å². The van der Waals surface area contributed by atoms with E-state index in [1.807, 2.05) is 18.3 Å². The summed E-state index contributed by atoms with van der Waals surface area (Å²) < 4.78 is 14.0. The van der Waals surface area contributed by atoms with Gasteiger partial charge in [0.05, 0.1) is 0 Å². The lowest BCUT2D eigenvalue weighted by molar-refractivity contribution is 0.624. The highest BCUT2D eigenvalue weighted by molar-refractivity contribution is 9.10. The molecule has 1 aromatic carbocycles. The zero-order chi connectivity index (χ0) is 13.7. The van der Waals surface area contributed by atoms with Gasteiger partial charge in [-0.25, -0.2) is 4.39 Å². The molecule has 2 aromatic rings. The van der Waals surface area contributed by atoms with Crippen LogP contribution in [0.15, 0.2) is 52.1 Å². The van der Waals surface area contributed by atoms with Gasteiger partial charge in [0.2, 0.25) is 0 Å². The number of benzene rings is 1. The van der Waals surface area contributed by atoms with Crippen LogP contribution in [0, 0.1) is 5.82 Å². The van der Waals surface area contributed by atoms with Crippen molar-refractivity contribution in [3.8, 4) is 0 Å². The Labute approximate surface area is 124 Å². The fourth-order valence-electron chi connectivity index (χ4n) is 1.69. The molecule has 1 unspecified atom stereocenters. The number of pyridine rings is 1. The zero-order valence-electron chi connectivity index (χ0n) is 10.2. The molecule has 0 aliphatic rings. The molecule has 1 heterocycles. The predicted octanol–water partition coefficient (Wildman–Crippen LogP) is 3.65. The molecule has 1 atom stereocenters. The van der Waals surface area contributed by atoms with Crippen LogP contribution in [0.4, 0.5) is 4.39 Å². The molecule has 0 radical (unpaired) electrons. The second-order valence-electron chi connectivity index (χ2n) is 4.24. The highest BCUT2D eigenvalue weighted by Gasteiger charge is 2.06. The number of hydrogen-bond donors (Lipinski definition) is 1. The van der Waals surface area contributed by atoms with Crippen molar-refractivity contribution in [2.45, 2.75) is 17.4 Å². The minimum absolute atomic E-state index is 0.0179. The van der Waals surface area contributed by atoms with Crippen LogP contribution in [0.2, 0.25) is 0 Å². The molecule has 0 bridgehead atoms. The summed E-state index contributed by atoms with van der Waals surface area (Å²) in [5, 5.41) is 0. The molecule has 0 amide bonds. The molecular formula is C14H14BrFN2S. The van der Waals surface area contributed by atoms with Crippen molar-refractivity contribution >= 4 is 27.7 Å². The van der Waals surface area contributed by atoms with Gasteiger partial charge in [-0.15, -0.1) is 11.8 Å². The predicted molar refractivity (Wildman–Crippen MR) is 80.7 cm³/mol. The van der Waals surface area contributed by atoms with Crippen LogP contribution in [0.1, 0.15) is 5.56 Å². The lowest BCUT2D eigenvalue weighted by Gasteiger charge is -2.11. The second-order valence-corrected chi connectivity index (χ2v) is 6.25. The van der Waals surface area contributed by atoms with Crippen LogP contribution in [-0.4, -0.2) is 16.8 Å². The monoisotopic (exact) mass is 340 g/mol. The Bertz CT molecular complexity index is 550. The van der Waals surface area contributed by atoms with Crippen molar-refractivity contribution in [2.75, 3.05) is 5.75 Å². The Balaban J connectivity index is 1.86. The van der Waals surface area contributed by atoms with Crippen molar-refractivity contribution in [1.82, 2.24) is 4.98 Å². The Morgan fingerprint density at radius 2 is 2.16 bits per heavy atom. The van der Waals surface area contributed by atoms with Gasteiger partial charge >= 0.3 is 0 Å². The first-order valence-corrected chi connectivity index (χ1v) is 7.65. The standard InChI is InChI=1S/C14H14BrFN2S/c15-11-4-10(7-18-8-11)5-13(17)9-19-14-3-1-2-12(16)6-14/h1-4,6-8,13H,5,9,17H2. The summed E-state index contributed by atoms with van der Waals surface area (Å²) in [5.41, 5.74) is 7.18. The van der Waals surface area contributed by atoms with E-state index in [0.29, 0.717) is 0 Å². The highest BCUT2D eigenvalue weighted by Crippen LogP contribution is 2.20. The van der Waals surface area contributed by atoms with Crippen LogP contribution >= 0.6 is 27.7 Å². The van der Waals surface area contributed by atoms with Crippen LogP contribution < -0.4 is 5.73 Å². The SMILES string of the molecule is NC(CSc1cccc(F)c1)Cc1cncc(Br)c1. The molecule has 0 saturated heterocycles. The molecule has 0 aliphatic carbocycles. The maximum atomic E-state index is 13.0. The topological polar surface area (TPSA) is 38.9 Å². The van der Waals surface area contributed by atoms with E-state index in [1.54, 1.807) is 24.0 Å². The largest absolute Gasteiger partial charge is 0.327 e. The third-order valence-electron chi connectivity index (χ3n) is 2.52. The van der Waals surface area contributed by atoms with Gasteiger partial charge in [0.1, 0.15) is 5.82 Å². The van der Waals surface area contributed by atoms with E-state index in [1.165, 1.54) is 12.1 Å². The van der Waals surface area contributed by atoms with Gasteiger partial charge in [-0.2, -0.15) is 0 Å². The summed E-state index contributed by atoms with van der Waals surface area (Å²) in [7, 11) is 0. The molecule has 0 aliphatic heterocycles. The fraction of sp³-hybridized carbons (Fsp3) is 0.214. The molecule has 100 valence electrons. The first-order chi connectivity index (χ1) is 9.13. The molecular weight excluding hydrogens is 327 g/mol. The Hall–Kier alpha value is -0.910. The van der Waals surface area contributed by atoms with Crippen LogP contribution in [0.5, 0.6) is 0 Å². The average Bonchev–Trinajstić information content (AvgIpc) is 2.36. The third kappa shape index (κ3) is 4.93. The number of thioether (sulfide) groups is 1. The lowest BCUT2D eigenvalue weighted by atomic mass is 10.1. The van der Waals surface area contributed by atoms with Crippen LogP contribution in [0.25, 0.3) is 0 Å². The second kappa shape index (κ2) is 7.03. The molecule has 0 fully saturated rings. The van der Waals surface area contributed by atoms with Crippen molar-refractivity contribution < 1.29 is 4.39 Å². The number of halogens is 2. The van der Waals surface area contributed by atoms with Gasteiger partial charge < -0.3 is 5.73 Å². The molecule has 0 spiro atoms. The van der Waals surface area contributed by atoms with Gasteiger partial charge in [-0.05, 0) is 52.2 Å². The molecule has 2 N–H and O–H groups in total. The first-order valence-electron chi connectivity index (χ1n) is 5.87. The lowest BCUT2D eigenvalue weighted by Crippen LogP contribution is -2.25. The number of nitrogens with two attached hydrogens (primary N) is 1. The number of nitrogens with zero attached hydrogens (tertiary/aromatic N) is 1. The Morgan fingerprint density at radius 3 is 2.89 bits per heavy atom. The summed E-state index contributed by atoms with van der Waals surface area (Å²) in [4.78, 5) is 5.01. The summed E-state index contributed by atoms with van der Waals surface area (Å²) in [5.74, 6) is 0.533. The smallest absolute Gasteiger partial charge is 0.124 e. The molecule has 2 rings (SSSR count). The van der Waals surface area contributed by atoms with Crippen molar-refractivity contribution in [3.63, 3.8) is 0 Å². The highest BCUT2D eigenvalue weighted by atomic mass is 79.9. The minimum Gasteiger partial charge on any atom is -0.327 e. The summed E-state index contributed by atoms with van der Waals surface area (Å²) >= 11 is 4.95. The zero-order valence-corrected chi connectivity index (χ0v) is 12.6. The fourth-order valence-corrected chi connectivity index (χ4v) is 3.00. The average molecular weight is 341 g/mol. The Kier molecular flexibility index (Phi) is 5.36.